The number of Topliss-reactive ketones (excluding diaryl/α,β-unsaturated/α-hetero) is 1. The predicted octanol–water partition coefficient (Wildman–Crippen LogP) is 19.8. The number of thiol groups is 3. The Morgan fingerprint density at radius 1 is 0.453 bits per heavy atom. The van der Waals surface area contributed by atoms with Crippen LogP contribution in [-0.4, -0.2) is 56.0 Å². The highest BCUT2D eigenvalue weighted by atomic mass is 127. The molecule has 0 saturated carbocycles. The van der Waals surface area contributed by atoms with Gasteiger partial charge in [-0.15, -0.1) is 49.2 Å². The number of aromatic carboxylic acids is 2. The van der Waals surface area contributed by atoms with Gasteiger partial charge in [-0.25, -0.2) is 14.6 Å². The average Bonchev–Trinajstić information content (AvgIpc) is 1.59. The van der Waals surface area contributed by atoms with Crippen LogP contribution < -0.4 is 26.8 Å². The summed E-state index contributed by atoms with van der Waals surface area (Å²) in [6.45, 7) is 0. The summed E-state index contributed by atoms with van der Waals surface area (Å²) < 4.78 is 5.97. The number of anilines is 3. The number of nitrogens with zero attached hydrogens (tertiary/aromatic N) is 2. The predicted molar refractivity (Wildman–Crippen MR) is 452 cm³/mol. The van der Waals surface area contributed by atoms with E-state index in [1.165, 1.54) is 52.6 Å². The molecule has 21 heteroatoms. The molecule has 0 saturated heterocycles. The van der Waals surface area contributed by atoms with Crippen LogP contribution in [0.3, 0.4) is 0 Å². The van der Waals surface area contributed by atoms with Crippen LogP contribution >= 0.6 is 94.9 Å². The van der Waals surface area contributed by atoms with Gasteiger partial charge >= 0.3 is 19.1 Å². The summed E-state index contributed by atoms with van der Waals surface area (Å²) in [6.07, 6.45) is 0. The number of carboxylic acids is 2. The van der Waals surface area contributed by atoms with Crippen molar-refractivity contribution in [3.8, 4) is 65.6 Å². The maximum Gasteiger partial charge on any atom is 0.488 e. The molecule has 2 aliphatic heterocycles. The van der Waals surface area contributed by atoms with Gasteiger partial charge in [-0.2, -0.15) is 4.57 Å². The van der Waals surface area contributed by atoms with E-state index in [1.807, 2.05) is 157 Å². The van der Waals surface area contributed by atoms with E-state index in [1.54, 1.807) is 72.0 Å². The normalized spacial score (nSPS) is 11.2. The molecule has 4 heterocycles. The van der Waals surface area contributed by atoms with E-state index in [0.717, 1.165) is 63.3 Å². The second-order valence-corrected chi connectivity index (χ2v) is 29.2. The van der Waals surface area contributed by atoms with Gasteiger partial charge < -0.3 is 37.0 Å². The number of benzene rings is 13. The molecular weight excluding hydrogens is 1550 g/mol. The van der Waals surface area contributed by atoms with Crippen LogP contribution in [-0.2, 0) is 10.7 Å². The molecule has 0 atom stereocenters. The zero-order valence-corrected chi connectivity index (χ0v) is 63.5. The smallest absolute Gasteiger partial charge is 0.478 e. The Labute approximate surface area is 655 Å². The number of fused-ring (bicyclic) bond motifs is 7. The van der Waals surface area contributed by atoms with Gasteiger partial charge in [0, 0.05) is 46.2 Å². The number of carboxylic acid groups (broad SMARTS) is 2. The first-order valence-electron chi connectivity index (χ1n) is 32.8. The lowest BCUT2D eigenvalue weighted by molar-refractivity contribution is -0.635. The van der Waals surface area contributed by atoms with Crippen molar-refractivity contribution in [1.82, 2.24) is 4.98 Å². The van der Waals surface area contributed by atoms with Crippen LogP contribution in [0.15, 0.2) is 335 Å². The van der Waals surface area contributed by atoms with E-state index in [2.05, 4.69) is 192 Å². The molecule has 1 amide bonds. The third kappa shape index (κ3) is 19.9. The maximum atomic E-state index is 11.1. The van der Waals surface area contributed by atoms with Gasteiger partial charge in [0.15, 0.2) is 0 Å². The van der Waals surface area contributed by atoms with Gasteiger partial charge in [-0.1, -0.05) is 235 Å². The van der Waals surface area contributed by atoms with E-state index < -0.39 is 30.7 Å². The first-order chi connectivity index (χ1) is 51.4. The molecule has 0 bridgehead atoms. The highest BCUT2D eigenvalue weighted by molar-refractivity contribution is 14.1. The third-order valence-electron chi connectivity index (χ3n) is 16.3. The van der Waals surface area contributed by atoms with E-state index in [9.17, 15) is 19.2 Å². The quantitative estimate of drug-likeness (QED) is 0.0171. The van der Waals surface area contributed by atoms with Gasteiger partial charge in [0.1, 0.15) is 9.71 Å². The fourth-order valence-corrected chi connectivity index (χ4v) is 15.5. The largest absolute Gasteiger partial charge is 0.488 e. The number of nitrogen functional groups attached to an aromatic ring is 2. The fourth-order valence-electron chi connectivity index (χ4n) is 10.9. The van der Waals surface area contributed by atoms with Crippen LogP contribution in [0, 0.1) is 3.57 Å². The zero-order chi connectivity index (χ0) is 74.6. The van der Waals surface area contributed by atoms with Crippen molar-refractivity contribution in [3.63, 3.8) is 0 Å². The van der Waals surface area contributed by atoms with Crippen LogP contribution in [0.5, 0.6) is 0 Å². The molecule has 106 heavy (non-hydrogen) atoms. The molecular formula is C85H66BIN5O8S6+. The van der Waals surface area contributed by atoms with Gasteiger partial charge in [-0.05, 0) is 170 Å². The summed E-state index contributed by atoms with van der Waals surface area (Å²) in [5.74, 6) is -1.94. The van der Waals surface area contributed by atoms with Crippen molar-refractivity contribution in [2.45, 2.75) is 25.5 Å². The number of nitrogens with one attached hydrogen (secondary N) is 1. The van der Waals surface area contributed by atoms with Crippen molar-refractivity contribution in [3.05, 3.63) is 336 Å². The number of carbonyl (C=O) groups is 4. The second kappa shape index (κ2) is 36.9. The van der Waals surface area contributed by atoms with E-state index in [-0.39, 0.29) is 16.8 Å². The molecule has 15 aromatic rings. The number of halogens is 1. The molecule has 13 nitrogen and oxygen atoms in total. The lowest BCUT2D eigenvalue weighted by Gasteiger charge is -2.12. The summed E-state index contributed by atoms with van der Waals surface area (Å²) in [6, 6.07) is 102. The minimum absolute atomic E-state index is 0.140. The number of amides is 1. The third-order valence-corrected chi connectivity index (χ3v) is 21.5. The van der Waals surface area contributed by atoms with Crippen molar-refractivity contribution < 1.29 is 44.0 Å². The molecule has 2 aliphatic rings. The average molecular weight is 1620 g/mol. The number of para-hydroxylation sites is 3. The standard InChI is InChI=1S/C20H14NS2.C19H13NS2.C13H11NO2.C13H10O2S.C8H4INO2.C6H7BO2.C6H7NS/c1-2-6-14(7-3-1)15-10-11-18-16(12-15)20-21(13-22-18)17-8-4-5-9-19(17)23-20;21-17-11-10-14(13-6-2-1-3-7-13)12-15(17)19-20-16-8-4-5-9-18(16)22-19;14-12-7-6-10(8-11(12)13(15)16)9-4-2-1-3-5-9;14-13(15)11-8-10(6-7-12(11)16)9-4-2-1-3-5-9;9-4-1-2-6-5(3-4)7(11)8(12)10-6;8-7(9)6-4-2-1-3-5-6;7-5-3-1-2-4-6(5)8/h1-12H,13H2;1-12,21H;1-8H,14H2,(H,15,16);1-8,16H,(H,14,15);1-3H,(H,10,11,12);1-5,8-9H;1-4,8H,7H2/q+1;;;;;;. The summed E-state index contributed by atoms with van der Waals surface area (Å²) in [5, 5.41) is 40.0. The van der Waals surface area contributed by atoms with Crippen molar-refractivity contribution >= 4 is 169 Å². The number of hydrogen-bond donors (Lipinski definition) is 10. The minimum atomic E-state index is -1.34. The van der Waals surface area contributed by atoms with Gasteiger partial charge in [0.25, 0.3) is 16.7 Å². The summed E-state index contributed by atoms with van der Waals surface area (Å²) in [4.78, 5) is 52.3. The molecule has 0 unspecified atom stereocenters. The van der Waals surface area contributed by atoms with Crippen LogP contribution in [0.2, 0.25) is 0 Å². The molecule has 9 N–H and O–H groups in total. The van der Waals surface area contributed by atoms with Gasteiger partial charge in [0.2, 0.25) is 11.4 Å². The van der Waals surface area contributed by atoms with Gasteiger partial charge in [0.05, 0.1) is 38.2 Å². The van der Waals surface area contributed by atoms with E-state index in [0.29, 0.717) is 21.6 Å². The lowest BCUT2D eigenvalue weighted by Crippen LogP contribution is -2.34. The van der Waals surface area contributed by atoms with E-state index in [4.69, 9.17) is 36.7 Å². The molecule has 13 aromatic carbocycles. The Bertz CT molecular complexity index is 5440. The number of aromatic nitrogens is 2. The van der Waals surface area contributed by atoms with Crippen LogP contribution in [0.1, 0.15) is 31.1 Å². The monoisotopic (exact) mass is 1610 g/mol. The summed E-state index contributed by atoms with van der Waals surface area (Å²) in [5.41, 5.74) is 27.5. The molecule has 0 fully saturated rings. The molecule has 0 spiro atoms. The number of thiazole rings is 2. The highest BCUT2D eigenvalue weighted by Gasteiger charge is 2.30. The topological polar surface area (TPSA) is 230 Å². The van der Waals surface area contributed by atoms with Crippen molar-refractivity contribution in [2.24, 2.45) is 0 Å². The minimum Gasteiger partial charge on any atom is -0.478 e. The summed E-state index contributed by atoms with van der Waals surface area (Å²) >= 11 is 20.4. The number of nitrogens with two attached hydrogens (primary N) is 2. The Hall–Kier alpha value is -10.6. The number of rotatable bonds is 8. The Kier molecular flexibility index (Phi) is 26.7. The second-order valence-electron chi connectivity index (χ2n) is 23.4. The number of thioether (sulfide) groups is 1. The molecule has 17 rings (SSSR count). The van der Waals surface area contributed by atoms with Crippen LogP contribution in [0.4, 0.5) is 17.1 Å². The zero-order valence-electron chi connectivity index (χ0n) is 56.2. The van der Waals surface area contributed by atoms with Crippen LogP contribution in [0.25, 0.3) is 86.1 Å². The SMILES string of the molecule is Nc1ccc(-c2ccccc2)cc1C(=O)O.Nc1ccccc1S.O=C(O)c1cc(-c2ccccc2)ccc1S.O=C1Nc2ccc(I)cc2C1=O.OB(O)c1ccccc1.Sc1ccc(-c2ccccc2)cc1-c1nc2ccccc2s1.c1ccc(-c2ccc3c(c2)-c2sc4ccccc4[n+]2CS3)cc1. The Morgan fingerprint density at radius 2 is 0.934 bits per heavy atom. The maximum absolute atomic E-state index is 11.1. The van der Waals surface area contributed by atoms with Crippen molar-refractivity contribution in [2.75, 3.05) is 16.8 Å². The molecule has 524 valence electrons. The number of carbonyl (C=O) groups excluding carboxylic acids is 2. The molecule has 0 aliphatic carbocycles. The number of ketones is 1. The van der Waals surface area contributed by atoms with Gasteiger partial charge in [-0.3, -0.25) is 9.59 Å². The summed E-state index contributed by atoms with van der Waals surface area (Å²) in [7, 11) is -1.34. The lowest BCUT2D eigenvalue weighted by atomic mass is 9.81. The highest BCUT2D eigenvalue weighted by Crippen LogP contribution is 2.42. The van der Waals surface area contributed by atoms with Crippen molar-refractivity contribution in [1.29, 1.82) is 0 Å². The Morgan fingerprint density at radius 3 is 1.47 bits per heavy atom. The van der Waals surface area contributed by atoms with E-state index >= 15 is 0 Å². The molecule has 2 aromatic heterocycles. The first kappa shape index (κ1) is 76.6. The Balaban J connectivity index is 0.000000127. The fraction of sp³-hybridized carbons (Fsp3) is 0.0118. The molecule has 0 radical (unpaired) electrons. The number of hydrogen-bond acceptors (Lipinski definition) is 15. The first-order valence-corrected chi connectivity index (χ1v) is 37.8.